The molecule has 1 aliphatic carbocycles. The third kappa shape index (κ3) is 4.86. The molecule has 3 aromatic heterocycles. The zero-order valence-corrected chi connectivity index (χ0v) is 21.7. The summed E-state index contributed by atoms with van der Waals surface area (Å²) in [6.45, 7) is 2.45. The summed E-state index contributed by atoms with van der Waals surface area (Å²) in [6, 6.07) is 12.4. The standard InChI is InChI=1S/C28H31ClN6O/c1-4-35-26-20(17-31-28(33-26)32-21-8-10-22(11-9-21)34(2)3)14-24(27(35)36)23-12-7-18(15-25(23)29)19-6-5-13-30-16-19/h5-7,12-17,21-22H,4,8-11H2,1-3H3,(H,31,32,33). The van der Waals surface area contributed by atoms with Gasteiger partial charge in [0.2, 0.25) is 5.95 Å². The van der Waals surface area contributed by atoms with Crippen molar-refractivity contribution in [1.82, 2.24) is 24.4 Å². The maximum atomic E-state index is 13.5. The van der Waals surface area contributed by atoms with E-state index < -0.39 is 0 Å². The minimum Gasteiger partial charge on any atom is -0.351 e. The molecule has 5 rings (SSSR count). The van der Waals surface area contributed by atoms with Gasteiger partial charge in [-0.05, 0) is 70.5 Å². The molecule has 0 spiro atoms. The Labute approximate surface area is 216 Å². The Morgan fingerprint density at radius 1 is 1.06 bits per heavy atom. The molecule has 1 aliphatic rings. The summed E-state index contributed by atoms with van der Waals surface area (Å²) < 4.78 is 1.70. The van der Waals surface area contributed by atoms with Crippen molar-refractivity contribution >= 4 is 28.6 Å². The molecule has 1 aromatic carbocycles. The number of nitrogens with zero attached hydrogens (tertiary/aromatic N) is 5. The number of rotatable bonds is 6. The SMILES string of the molecule is CCn1c(=O)c(-c2ccc(-c3cccnc3)cc2Cl)cc2cnc(NC3CCC(N(C)C)CC3)nc21. The summed E-state index contributed by atoms with van der Waals surface area (Å²) in [7, 11) is 4.29. The Morgan fingerprint density at radius 2 is 1.86 bits per heavy atom. The second kappa shape index (κ2) is 10.4. The van der Waals surface area contributed by atoms with Crippen LogP contribution in [0.3, 0.4) is 0 Å². The highest BCUT2D eigenvalue weighted by atomic mass is 35.5. The first-order chi connectivity index (χ1) is 17.4. The van der Waals surface area contributed by atoms with Crippen molar-refractivity contribution in [2.24, 2.45) is 0 Å². The number of aryl methyl sites for hydroxylation is 1. The Hall–Kier alpha value is -3.29. The van der Waals surface area contributed by atoms with Gasteiger partial charge in [-0.15, -0.1) is 0 Å². The summed E-state index contributed by atoms with van der Waals surface area (Å²) in [4.78, 5) is 29.4. The monoisotopic (exact) mass is 502 g/mol. The lowest BCUT2D eigenvalue weighted by Crippen LogP contribution is -2.36. The van der Waals surface area contributed by atoms with E-state index in [0.29, 0.717) is 46.4 Å². The van der Waals surface area contributed by atoms with Crippen LogP contribution in [0.5, 0.6) is 0 Å². The first-order valence-electron chi connectivity index (χ1n) is 12.5. The minimum atomic E-state index is -0.114. The van der Waals surface area contributed by atoms with E-state index >= 15 is 0 Å². The van der Waals surface area contributed by atoms with Gasteiger partial charge in [0, 0.05) is 64.3 Å². The second-order valence-corrected chi connectivity index (χ2v) is 10.0. The molecule has 8 heteroatoms. The topological polar surface area (TPSA) is 75.9 Å². The zero-order chi connectivity index (χ0) is 25.2. The highest BCUT2D eigenvalue weighted by molar-refractivity contribution is 6.33. The summed E-state index contributed by atoms with van der Waals surface area (Å²) in [5.41, 5.74) is 3.67. The number of aromatic nitrogens is 4. The van der Waals surface area contributed by atoms with E-state index in [1.54, 1.807) is 23.2 Å². The van der Waals surface area contributed by atoms with Gasteiger partial charge in [-0.25, -0.2) is 4.98 Å². The predicted molar refractivity (Wildman–Crippen MR) is 147 cm³/mol. The summed E-state index contributed by atoms with van der Waals surface area (Å²) in [6.07, 6.45) is 9.80. The number of benzene rings is 1. The fourth-order valence-corrected chi connectivity index (χ4v) is 5.36. The maximum Gasteiger partial charge on any atom is 0.260 e. The third-order valence-corrected chi connectivity index (χ3v) is 7.47. The summed E-state index contributed by atoms with van der Waals surface area (Å²) >= 11 is 6.68. The van der Waals surface area contributed by atoms with E-state index in [9.17, 15) is 4.79 Å². The first kappa shape index (κ1) is 24.4. The van der Waals surface area contributed by atoms with E-state index in [0.717, 1.165) is 42.2 Å². The van der Waals surface area contributed by atoms with E-state index in [4.69, 9.17) is 16.6 Å². The third-order valence-electron chi connectivity index (χ3n) is 7.16. The number of hydrogen-bond acceptors (Lipinski definition) is 6. The second-order valence-electron chi connectivity index (χ2n) is 9.63. The van der Waals surface area contributed by atoms with Crippen LogP contribution in [0, 0.1) is 0 Å². The largest absolute Gasteiger partial charge is 0.351 e. The first-order valence-corrected chi connectivity index (χ1v) is 12.9. The molecule has 3 heterocycles. The molecule has 36 heavy (non-hydrogen) atoms. The van der Waals surface area contributed by atoms with Crippen molar-refractivity contribution in [3.8, 4) is 22.3 Å². The number of hydrogen-bond donors (Lipinski definition) is 1. The van der Waals surface area contributed by atoms with Crippen LogP contribution >= 0.6 is 11.6 Å². The van der Waals surface area contributed by atoms with Crippen molar-refractivity contribution < 1.29 is 0 Å². The number of nitrogens with one attached hydrogen (secondary N) is 1. The normalized spacial score (nSPS) is 18.0. The van der Waals surface area contributed by atoms with Crippen LogP contribution in [0.25, 0.3) is 33.3 Å². The number of anilines is 1. The Balaban J connectivity index is 1.46. The lowest BCUT2D eigenvalue weighted by Gasteiger charge is -2.32. The lowest BCUT2D eigenvalue weighted by atomic mass is 9.91. The van der Waals surface area contributed by atoms with Gasteiger partial charge in [0.05, 0.1) is 0 Å². The van der Waals surface area contributed by atoms with E-state index in [-0.39, 0.29) is 5.56 Å². The van der Waals surface area contributed by atoms with Crippen molar-refractivity contribution in [2.45, 2.75) is 51.2 Å². The molecule has 0 amide bonds. The molecule has 186 valence electrons. The van der Waals surface area contributed by atoms with Gasteiger partial charge in [0.25, 0.3) is 5.56 Å². The Morgan fingerprint density at radius 3 is 2.53 bits per heavy atom. The van der Waals surface area contributed by atoms with E-state index in [1.165, 1.54) is 0 Å². The average Bonchev–Trinajstić information content (AvgIpc) is 2.89. The number of halogens is 1. The van der Waals surface area contributed by atoms with Crippen LogP contribution in [0.1, 0.15) is 32.6 Å². The van der Waals surface area contributed by atoms with Crippen LogP contribution in [-0.2, 0) is 6.54 Å². The maximum absolute atomic E-state index is 13.5. The van der Waals surface area contributed by atoms with Gasteiger partial charge in [-0.2, -0.15) is 4.98 Å². The van der Waals surface area contributed by atoms with Crippen molar-refractivity contribution in [1.29, 1.82) is 0 Å². The van der Waals surface area contributed by atoms with E-state index in [1.807, 2.05) is 43.3 Å². The van der Waals surface area contributed by atoms with Gasteiger partial charge in [-0.3, -0.25) is 14.3 Å². The number of fused-ring (bicyclic) bond motifs is 1. The quantitative estimate of drug-likeness (QED) is 0.376. The molecular formula is C28H31ClN6O. The van der Waals surface area contributed by atoms with Crippen LogP contribution in [0.4, 0.5) is 5.95 Å². The average molecular weight is 503 g/mol. The molecule has 0 aliphatic heterocycles. The molecular weight excluding hydrogens is 472 g/mol. The van der Waals surface area contributed by atoms with Gasteiger partial charge >= 0.3 is 0 Å². The van der Waals surface area contributed by atoms with Gasteiger partial charge < -0.3 is 10.2 Å². The molecule has 1 N–H and O–H groups in total. The van der Waals surface area contributed by atoms with Gasteiger partial charge in [0.15, 0.2) is 0 Å². The summed E-state index contributed by atoms with van der Waals surface area (Å²) in [5, 5.41) is 4.82. The Bertz CT molecular complexity index is 1430. The number of pyridine rings is 2. The molecule has 0 bridgehead atoms. The fourth-order valence-electron chi connectivity index (χ4n) is 5.08. The molecule has 0 radical (unpaired) electrons. The fraction of sp³-hybridized carbons (Fsp3) is 0.357. The van der Waals surface area contributed by atoms with Gasteiger partial charge in [-0.1, -0.05) is 29.8 Å². The lowest BCUT2D eigenvalue weighted by molar-refractivity contribution is 0.221. The highest BCUT2D eigenvalue weighted by Crippen LogP contribution is 2.32. The van der Waals surface area contributed by atoms with Gasteiger partial charge in [0.1, 0.15) is 5.65 Å². The van der Waals surface area contributed by atoms with Crippen molar-refractivity contribution in [3.05, 3.63) is 70.4 Å². The minimum absolute atomic E-state index is 0.114. The van der Waals surface area contributed by atoms with Crippen LogP contribution < -0.4 is 10.9 Å². The highest BCUT2D eigenvalue weighted by Gasteiger charge is 2.23. The van der Waals surface area contributed by atoms with Crippen molar-refractivity contribution in [3.63, 3.8) is 0 Å². The summed E-state index contributed by atoms with van der Waals surface area (Å²) in [5.74, 6) is 0.573. The Kier molecular flexibility index (Phi) is 7.03. The molecule has 0 unspecified atom stereocenters. The zero-order valence-electron chi connectivity index (χ0n) is 20.9. The smallest absolute Gasteiger partial charge is 0.260 e. The van der Waals surface area contributed by atoms with Crippen LogP contribution in [-0.4, -0.2) is 50.6 Å². The predicted octanol–water partition coefficient (Wildman–Crippen LogP) is 5.48. The molecule has 7 nitrogen and oxygen atoms in total. The van der Waals surface area contributed by atoms with Crippen molar-refractivity contribution in [2.75, 3.05) is 19.4 Å². The molecule has 1 saturated carbocycles. The van der Waals surface area contributed by atoms with Crippen LogP contribution in [0.15, 0.2) is 59.8 Å². The molecule has 1 fully saturated rings. The van der Waals surface area contributed by atoms with E-state index in [2.05, 4.69) is 34.3 Å². The molecule has 0 saturated heterocycles. The molecule has 4 aromatic rings. The molecule has 0 atom stereocenters. The van der Waals surface area contributed by atoms with Crippen LogP contribution in [0.2, 0.25) is 5.02 Å².